The Labute approximate surface area is 133 Å². The maximum Gasteiger partial charge on any atom is 0.407 e. The van der Waals surface area contributed by atoms with Gasteiger partial charge in [-0.05, 0) is 39.2 Å². The molecule has 5 heteroatoms. The molecule has 0 aliphatic rings. The summed E-state index contributed by atoms with van der Waals surface area (Å²) >= 11 is 0. The molecule has 3 N–H and O–H groups in total. The Morgan fingerprint density at radius 2 is 1.95 bits per heavy atom. The highest BCUT2D eigenvalue weighted by molar-refractivity contribution is 5.67. The third-order valence-electron chi connectivity index (χ3n) is 2.86. The van der Waals surface area contributed by atoms with Gasteiger partial charge < -0.3 is 20.5 Å². The minimum atomic E-state index is -0.467. The summed E-state index contributed by atoms with van der Waals surface area (Å²) in [4.78, 5) is 11.4. The fourth-order valence-electron chi connectivity index (χ4n) is 1.85. The first-order valence-electron chi connectivity index (χ1n) is 7.71. The summed E-state index contributed by atoms with van der Waals surface area (Å²) in [7, 11) is 0. The fourth-order valence-corrected chi connectivity index (χ4v) is 1.85. The SMILES string of the molecule is CC(C)(C)OC(=O)NCCCC(N)COCc1ccccc1. The van der Waals surface area contributed by atoms with Crippen molar-refractivity contribution < 1.29 is 14.3 Å². The van der Waals surface area contributed by atoms with Crippen LogP contribution in [-0.2, 0) is 16.1 Å². The van der Waals surface area contributed by atoms with E-state index in [9.17, 15) is 4.79 Å². The van der Waals surface area contributed by atoms with Crippen LogP contribution >= 0.6 is 0 Å². The van der Waals surface area contributed by atoms with Crippen LogP contribution in [0.5, 0.6) is 0 Å². The van der Waals surface area contributed by atoms with E-state index in [0.717, 1.165) is 18.4 Å². The molecule has 1 unspecified atom stereocenters. The van der Waals surface area contributed by atoms with E-state index in [1.807, 2.05) is 51.1 Å². The van der Waals surface area contributed by atoms with Crippen LogP contribution in [0, 0.1) is 0 Å². The standard InChI is InChI=1S/C17H28N2O3/c1-17(2,3)22-16(20)19-11-7-10-15(18)13-21-12-14-8-5-4-6-9-14/h4-6,8-9,15H,7,10-13,18H2,1-3H3,(H,19,20). The number of nitrogens with two attached hydrogens (primary N) is 1. The summed E-state index contributed by atoms with van der Waals surface area (Å²) < 4.78 is 10.7. The van der Waals surface area contributed by atoms with Crippen molar-refractivity contribution >= 4 is 6.09 Å². The molecule has 1 aromatic rings. The van der Waals surface area contributed by atoms with Gasteiger partial charge in [-0.2, -0.15) is 0 Å². The summed E-state index contributed by atoms with van der Waals surface area (Å²) in [5.74, 6) is 0. The maximum absolute atomic E-state index is 11.4. The molecule has 5 nitrogen and oxygen atoms in total. The second-order valence-corrected chi connectivity index (χ2v) is 6.33. The normalized spacial score (nSPS) is 12.7. The Balaban J connectivity index is 2.04. The molecule has 0 radical (unpaired) electrons. The summed E-state index contributed by atoms with van der Waals surface area (Å²) in [6.07, 6.45) is 1.21. The van der Waals surface area contributed by atoms with Gasteiger partial charge in [0.05, 0.1) is 13.2 Å². The summed E-state index contributed by atoms with van der Waals surface area (Å²) in [5, 5.41) is 2.72. The van der Waals surface area contributed by atoms with Crippen molar-refractivity contribution in [3.63, 3.8) is 0 Å². The van der Waals surface area contributed by atoms with Crippen LogP contribution in [0.4, 0.5) is 4.79 Å². The lowest BCUT2D eigenvalue weighted by Crippen LogP contribution is -2.34. The van der Waals surface area contributed by atoms with Crippen molar-refractivity contribution in [3.8, 4) is 0 Å². The Hall–Kier alpha value is -1.59. The molecule has 0 heterocycles. The lowest BCUT2D eigenvalue weighted by molar-refractivity contribution is 0.0525. The fraction of sp³-hybridized carbons (Fsp3) is 0.588. The second kappa shape index (κ2) is 9.43. The Kier molecular flexibility index (Phi) is 7.91. The van der Waals surface area contributed by atoms with Gasteiger partial charge >= 0.3 is 6.09 Å². The molecule has 0 spiro atoms. The highest BCUT2D eigenvalue weighted by atomic mass is 16.6. The van der Waals surface area contributed by atoms with Gasteiger partial charge in [0.15, 0.2) is 0 Å². The number of hydrogen-bond acceptors (Lipinski definition) is 4. The highest BCUT2D eigenvalue weighted by Crippen LogP contribution is 2.06. The van der Waals surface area contributed by atoms with Crippen LogP contribution in [0.3, 0.4) is 0 Å². The predicted octanol–water partition coefficient (Wildman–Crippen LogP) is 2.84. The molecule has 22 heavy (non-hydrogen) atoms. The van der Waals surface area contributed by atoms with Crippen LogP contribution in [0.2, 0.25) is 0 Å². The van der Waals surface area contributed by atoms with Gasteiger partial charge in [0, 0.05) is 12.6 Å². The number of amides is 1. The molecular weight excluding hydrogens is 280 g/mol. The zero-order valence-corrected chi connectivity index (χ0v) is 13.8. The van der Waals surface area contributed by atoms with E-state index < -0.39 is 5.60 Å². The minimum absolute atomic E-state index is 0.0239. The molecule has 1 aromatic carbocycles. The number of carbonyl (C=O) groups excluding carboxylic acids is 1. The minimum Gasteiger partial charge on any atom is -0.444 e. The number of benzene rings is 1. The Bertz CT molecular complexity index is 429. The van der Waals surface area contributed by atoms with Gasteiger partial charge in [-0.15, -0.1) is 0 Å². The van der Waals surface area contributed by atoms with Crippen LogP contribution < -0.4 is 11.1 Å². The van der Waals surface area contributed by atoms with Crippen LogP contribution in [0.1, 0.15) is 39.2 Å². The van der Waals surface area contributed by atoms with E-state index in [2.05, 4.69) is 5.32 Å². The third-order valence-corrected chi connectivity index (χ3v) is 2.86. The molecule has 1 rings (SSSR count). The monoisotopic (exact) mass is 308 g/mol. The van der Waals surface area contributed by atoms with Crippen LogP contribution in [0.25, 0.3) is 0 Å². The lowest BCUT2D eigenvalue weighted by atomic mass is 10.2. The molecular formula is C17H28N2O3. The summed E-state index contributed by atoms with van der Waals surface area (Å²) in [6.45, 7) is 7.17. The van der Waals surface area contributed by atoms with E-state index in [1.165, 1.54) is 0 Å². The molecule has 124 valence electrons. The van der Waals surface area contributed by atoms with Crippen molar-refractivity contribution in [2.75, 3.05) is 13.2 Å². The Morgan fingerprint density at radius 1 is 1.27 bits per heavy atom. The summed E-state index contributed by atoms with van der Waals surface area (Å²) in [5.41, 5.74) is 6.66. The number of rotatable bonds is 8. The summed E-state index contributed by atoms with van der Waals surface area (Å²) in [6, 6.07) is 9.98. The second-order valence-electron chi connectivity index (χ2n) is 6.33. The van der Waals surface area contributed by atoms with Crippen molar-refractivity contribution in [3.05, 3.63) is 35.9 Å². The van der Waals surface area contributed by atoms with Crippen LogP contribution in [0.15, 0.2) is 30.3 Å². The molecule has 0 saturated carbocycles. The van der Waals surface area contributed by atoms with E-state index >= 15 is 0 Å². The van der Waals surface area contributed by atoms with E-state index in [0.29, 0.717) is 19.8 Å². The molecule has 0 bridgehead atoms. The molecule has 1 amide bonds. The number of nitrogens with one attached hydrogen (secondary N) is 1. The van der Waals surface area contributed by atoms with Crippen molar-refractivity contribution in [1.29, 1.82) is 0 Å². The number of alkyl carbamates (subject to hydrolysis) is 1. The van der Waals surface area contributed by atoms with Gasteiger partial charge in [-0.3, -0.25) is 0 Å². The van der Waals surface area contributed by atoms with Crippen molar-refractivity contribution in [1.82, 2.24) is 5.32 Å². The van der Waals surface area contributed by atoms with Gasteiger partial charge in [0.1, 0.15) is 5.60 Å². The van der Waals surface area contributed by atoms with E-state index in [-0.39, 0.29) is 12.1 Å². The zero-order valence-electron chi connectivity index (χ0n) is 13.8. The van der Waals surface area contributed by atoms with Crippen molar-refractivity contribution in [2.45, 2.75) is 51.9 Å². The molecule has 0 aromatic heterocycles. The first-order valence-corrected chi connectivity index (χ1v) is 7.71. The van der Waals surface area contributed by atoms with Gasteiger partial charge in [-0.25, -0.2) is 4.79 Å². The molecule has 0 aliphatic heterocycles. The van der Waals surface area contributed by atoms with Crippen LogP contribution in [-0.4, -0.2) is 30.9 Å². The first-order chi connectivity index (χ1) is 10.4. The molecule has 0 saturated heterocycles. The highest BCUT2D eigenvalue weighted by Gasteiger charge is 2.15. The largest absolute Gasteiger partial charge is 0.444 e. The predicted molar refractivity (Wildman–Crippen MR) is 87.5 cm³/mol. The first kappa shape index (κ1) is 18.5. The number of carbonyl (C=O) groups is 1. The van der Waals surface area contributed by atoms with Gasteiger partial charge in [0.2, 0.25) is 0 Å². The van der Waals surface area contributed by atoms with Gasteiger partial charge in [-0.1, -0.05) is 30.3 Å². The van der Waals surface area contributed by atoms with E-state index in [4.69, 9.17) is 15.2 Å². The Morgan fingerprint density at radius 3 is 2.59 bits per heavy atom. The average molecular weight is 308 g/mol. The number of hydrogen-bond donors (Lipinski definition) is 2. The van der Waals surface area contributed by atoms with Crippen molar-refractivity contribution in [2.24, 2.45) is 5.73 Å². The molecule has 0 aliphatic carbocycles. The lowest BCUT2D eigenvalue weighted by Gasteiger charge is -2.19. The quantitative estimate of drug-likeness (QED) is 0.724. The number of ether oxygens (including phenoxy) is 2. The average Bonchev–Trinajstić information content (AvgIpc) is 2.43. The molecule has 0 fully saturated rings. The zero-order chi connectivity index (χ0) is 16.4. The van der Waals surface area contributed by atoms with Gasteiger partial charge in [0.25, 0.3) is 0 Å². The van der Waals surface area contributed by atoms with E-state index in [1.54, 1.807) is 0 Å². The third kappa shape index (κ3) is 9.37. The smallest absolute Gasteiger partial charge is 0.407 e. The topological polar surface area (TPSA) is 73.6 Å². The molecule has 1 atom stereocenters. The maximum atomic E-state index is 11.4.